The van der Waals surface area contributed by atoms with E-state index in [2.05, 4.69) is 5.32 Å². The van der Waals surface area contributed by atoms with Crippen LogP contribution in [0.5, 0.6) is 0 Å². The van der Waals surface area contributed by atoms with E-state index in [1.807, 2.05) is 56.1 Å². The Labute approximate surface area is 144 Å². The van der Waals surface area contributed by atoms with Crippen molar-refractivity contribution in [2.24, 2.45) is 11.8 Å². The molecule has 6 nitrogen and oxygen atoms in total. The Balaban J connectivity index is 0.000000506. The summed E-state index contributed by atoms with van der Waals surface area (Å²) in [5.74, 6) is -1.23. The lowest BCUT2D eigenvalue weighted by Gasteiger charge is -2.22. The first-order valence-corrected chi connectivity index (χ1v) is 8.08. The van der Waals surface area contributed by atoms with Crippen molar-refractivity contribution in [1.82, 2.24) is 5.32 Å². The van der Waals surface area contributed by atoms with Crippen LogP contribution in [0.25, 0.3) is 0 Å². The summed E-state index contributed by atoms with van der Waals surface area (Å²) in [6.45, 7) is 6.23. The van der Waals surface area contributed by atoms with Crippen molar-refractivity contribution in [1.29, 1.82) is 0 Å². The van der Waals surface area contributed by atoms with Gasteiger partial charge in [-0.3, -0.25) is 9.59 Å². The smallest absolute Gasteiger partial charge is 0.322 e. The van der Waals surface area contributed by atoms with Crippen LogP contribution >= 0.6 is 0 Å². The van der Waals surface area contributed by atoms with E-state index >= 15 is 0 Å². The van der Waals surface area contributed by atoms with Gasteiger partial charge < -0.3 is 20.4 Å². The number of nitrogens with one attached hydrogen (secondary N) is 1. The lowest BCUT2D eigenvalue weighted by molar-refractivity contribution is -0.141. The molecule has 0 aliphatic rings. The number of benzene rings is 1. The molecule has 1 aromatic rings. The van der Waals surface area contributed by atoms with Gasteiger partial charge in [0, 0.05) is 19.3 Å². The molecule has 24 heavy (non-hydrogen) atoms. The predicted octanol–water partition coefficient (Wildman–Crippen LogP) is 2.55. The van der Waals surface area contributed by atoms with Crippen LogP contribution in [-0.2, 0) is 9.59 Å². The SMILES string of the molecule is CC(C)C[C@H](C)C(=O)O.CNC(CN(C)c1ccccc1)C(=O)O. The first kappa shape index (κ1) is 21.9. The Hall–Kier alpha value is -2.08. The molecule has 2 atom stereocenters. The first-order chi connectivity index (χ1) is 11.2. The van der Waals surface area contributed by atoms with Crippen molar-refractivity contribution >= 4 is 17.6 Å². The van der Waals surface area contributed by atoms with Gasteiger partial charge in [0.25, 0.3) is 0 Å². The molecular weight excluding hydrogens is 308 g/mol. The molecule has 0 aromatic heterocycles. The van der Waals surface area contributed by atoms with E-state index in [4.69, 9.17) is 10.2 Å². The molecule has 136 valence electrons. The average molecular weight is 338 g/mol. The highest BCUT2D eigenvalue weighted by molar-refractivity contribution is 5.74. The summed E-state index contributed by atoms with van der Waals surface area (Å²) in [4.78, 5) is 23.0. The number of nitrogens with zero attached hydrogens (tertiary/aromatic N) is 1. The second-order valence-corrected chi connectivity index (χ2v) is 6.26. The zero-order valence-electron chi connectivity index (χ0n) is 15.2. The fraction of sp³-hybridized carbons (Fsp3) is 0.556. The Kier molecular flexibility index (Phi) is 10.5. The van der Waals surface area contributed by atoms with Gasteiger partial charge in [-0.15, -0.1) is 0 Å². The second kappa shape index (κ2) is 11.5. The molecule has 1 rings (SSSR count). The fourth-order valence-electron chi connectivity index (χ4n) is 2.16. The fourth-order valence-corrected chi connectivity index (χ4v) is 2.16. The topological polar surface area (TPSA) is 89.9 Å². The largest absolute Gasteiger partial charge is 0.481 e. The monoisotopic (exact) mass is 338 g/mol. The summed E-state index contributed by atoms with van der Waals surface area (Å²) in [6.07, 6.45) is 0.773. The van der Waals surface area contributed by atoms with Gasteiger partial charge in [0.1, 0.15) is 6.04 Å². The van der Waals surface area contributed by atoms with E-state index in [1.54, 1.807) is 14.0 Å². The maximum Gasteiger partial charge on any atom is 0.322 e. The van der Waals surface area contributed by atoms with E-state index in [9.17, 15) is 9.59 Å². The van der Waals surface area contributed by atoms with Crippen LogP contribution in [0.3, 0.4) is 0 Å². The predicted molar refractivity (Wildman–Crippen MR) is 96.5 cm³/mol. The summed E-state index contributed by atoms with van der Waals surface area (Å²) >= 11 is 0. The number of hydrogen-bond acceptors (Lipinski definition) is 4. The van der Waals surface area contributed by atoms with E-state index < -0.39 is 18.0 Å². The van der Waals surface area contributed by atoms with E-state index in [-0.39, 0.29) is 5.92 Å². The molecule has 0 aliphatic heterocycles. The Morgan fingerprint density at radius 2 is 1.62 bits per heavy atom. The summed E-state index contributed by atoms with van der Waals surface area (Å²) in [5, 5.41) is 20.1. The highest BCUT2D eigenvalue weighted by Gasteiger charge is 2.16. The molecular formula is C18H30N2O4. The Bertz CT molecular complexity index is 491. The molecule has 1 unspecified atom stereocenters. The number of anilines is 1. The molecule has 3 N–H and O–H groups in total. The van der Waals surface area contributed by atoms with Crippen LogP contribution < -0.4 is 10.2 Å². The summed E-state index contributed by atoms with van der Waals surface area (Å²) in [7, 11) is 3.53. The second-order valence-electron chi connectivity index (χ2n) is 6.26. The van der Waals surface area contributed by atoms with Crippen molar-refractivity contribution in [2.75, 3.05) is 25.5 Å². The number of aliphatic carboxylic acids is 2. The highest BCUT2D eigenvalue weighted by Crippen LogP contribution is 2.11. The molecule has 0 aliphatic carbocycles. The third kappa shape index (κ3) is 9.15. The zero-order valence-corrected chi connectivity index (χ0v) is 15.2. The van der Waals surface area contributed by atoms with E-state index in [1.165, 1.54) is 0 Å². The highest BCUT2D eigenvalue weighted by atomic mass is 16.4. The molecule has 0 saturated heterocycles. The van der Waals surface area contributed by atoms with Crippen molar-refractivity contribution < 1.29 is 19.8 Å². The standard InChI is InChI=1S/C11H16N2O2.C7H14O2/c1-12-10(11(14)15)8-13(2)9-6-4-3-5-7-9;1-5(2)4-6(3)7(8)9/h3-7,10,12H,8H2,1-2H3,(H,14,15);5-6H,4H2,1-3H3,(H,8,9)/t;6-/m.0/s1. The zero-order chi connectivity index (χ0) is 18.7. The Morgan fingerprint density at radius 3 is 1.96 bits per heavy atom. The lowest BCUT2D eigenvalue weighted by atomic mass is 9.99. The number of carbonyl (C=O) groups is 2. The normalized spacial score (nSPS) is 12.8. The maximum absolute atomic E-state index is 10.8. The van der Waals surface area contributed by atoms with Gasteiger partial charge in [0.05, 0.1) is 5.92 Å². The summed E-state index contributed by atoms with van der Waals surface area (Å²) in [5.41, 5.74) is 1.01. The summed E-state index contributed by atoms with van der Waals surface area (Å²) in [6, 6.07) is 9.16. The van der Waals surface area contributed by atoms with Crippen molar-refractivity contribution in [3.8, 4) is 0 Å². The van der Waals surface area contributed by atoms with Crippen LogP contribution in [0.2, 0.25) is 0 Å². The third-order valence-corrected chi connectivity index (χ3v) is 3.55. The first-order valence-electron chi connectivity index (χ1n) is 8.08. The minimum atomic E-state index is -0.833. The van der Waals surface area contributed by atoms with Gasteiger partial charge in [-0.2, -0.15) is 0 Å². The molecule has 6 heteroatoms. The molecule has 0 fully saturated rings. The molecule has 0 spiro atoms. The van der Waals surface area contributed by atoms with Gasteiger partial charge in [0.15, 0.2) is 0 Å². The molecule has 0 radical (unpaired) electrons. The van der Waals surface area contributed by atoms with Crippen LogP contribution in [0.15, 0.2) is 30.3 Å². The number of carboxylic acids is 2. The maximum atomic E-state index is 10.8. The quantitative estimate of drug-likeness (QED) is 0.675. The summed E-state index contributed by atoms with van der Waals surface area (Å²) < 4.78 is 0. The number of hydrogen-bond donors (Lipinski definition) is 3. The van der Waals surface area contributed by atoms with Crippen molar-refractivity contribution in [3.63, 3.8) is 0 Å². The van der Waals surface area contributed by atoms with Gasteiger partial charge in [-0.05, 0) is 31.5 Å². The lowest BCUT2D eigenvalue weighted by Crippen LogP contribution is -2.43. The number of rotatable bonds is 8. The third-order valence-electron chi connectivity index (χ3n) is 3.55. The van der Waals surface area contributed by atoms with E-state index in [0.29, 0.717) is 12.5 Å². The number of carboxylic acid groups (broad SMARTS) is 2. The van der Waals surface area contributed by atoms with Crippen LogP contribution in [0.1, 0.15) is 27.2 Å². The molecule has 1 aromatic carbocycles. The number of likely N-dealkylation sites (N-methyl/N-ethyl adjacent to an activating group) is 2. The molecule has 0 amide bonds. The Morgan fingerprint density at radius 1 is 1.08 bits per heavy atom. The van der Waals surface area contributed by atoms with Gasteiger partial charge in [0.2, 0.25) is 0 Å². The van der Waals surface area contributed by atoms with Crippen LogP contribution in [0, 0.1) is 11.8 Å². The average Bonchev–Trinajstić information content (AvgIpc) is 2.52. The minimum Gasteiger partial charge on any atom is -0.481 e. The van der Waals surface area contributed by atoms with Crippen LogP contribution in [-0.4, -0.2) is 48.8 Å². The number of para-hydroxylation sites is 1. The van der Waals surface area contributed by atoms with Gasteiger partial charge in [-0.1, -0.05) is 39.0 Å². The minimum absolute atomic E-state index is 0.190. The van der Waals surface area contributed by atoms with Gasteiger partial charge in [-0.25, -0.2) is 0 Å². The molecule has 0 bridgehead atoms. The molecule has 0 heterocycles. The van der Waals surface area contributed by atoms with Crippen LogP contribution in [0.4, 0.5) is 5.69 Å². The van der Waals surface area contributed by atoms with E-state index in [0.717, 1.165) is 12.1 Å². The van der Waals surface area contributed by atoms with Crippen molar-refractivity contribution in [2.45, 2.75) is 33.2 Å². The molecule has 0 saturated carbocycles. The van der Waals surface area contributed by atoms with Crippen molar-refractivity contribution in [3.05, 3.63) is 30.3 Å². The van der Waals surface area contributed by atoms with Gasteiger partial charge >= 0.3 is 11.9 Å².